The van der Waals surface area contributed by atoms with E-state index in [1.165, 1.54) is 29.2 Å². The predicted octanol–water partition coefficient (Wildman–Crippen LogP) is 4.80. The topological polar surface area (TPSA) is 86.8 Å². The Morgan fingerprint density at radius 2 is 1.60 bits per heavy atom. The van der Waals surface area contributed by atoms with E-state index in [1.807, 2.05) is 19.9 Å². The fraction of sp³-hybridized carbons (Fsp3) is 0.310. The molecule has 40 heavy (non-hydrogen) atoms. The molecule has 0 saturated carbocycles. The molecule has 0 bridgehead atoms. The highest BCUT2D eigenvalue weighted by atomic mass is 35.5. The highest BCUT2D eigenvalue weighted by Crippen LogP contribution is 2.25. The number of amides is 2. The van der Waals surface area contributed by atoms with Crippen molar-refractivity contribution >= 4 is 39.1 Å². The van der Waals surface area contributed by atoms with Crippen LogP contribution >= 0.6 is 11.6 Å². The number of hydrogen-bond donors (Lipinski definition) is 1. The predicted molar refractivity (Wildman–Crippen MR) is 152 cm³/mol. The Bertz CT molecular complexity index is 1440. The number of nitrogens with zero attached hydrogens (tertiary/aromatic N) is 2. The molecule has 1 N–H and O–H groups in total. The van der Waals surface area contributed by atoms with Crippen molar-refractivity contribution in [3.8, 4) is 0 Å². The van der Waals surface area contributed by atoms with Crippen LogP contribution in [0, 0.1) is 17.6 Å². The Labute approximate surface area is 238 Å². The lowest BCUT2D eigenvalue weighted by atomic mass is 10.0. The molecule has 0 radical (unpaired) electrons. The van der Waals surface area contributed by atoms with Gasteiger partial charge >= 0.3 is 0 Å². The summed E-state index contributed by atoms with van der Waals surface area (Å²) in [6.07, 6.45) is 1.00. The summed E-state index contributed by atoms with van der Waals surface area (Å²) in [5.41, 5.74) is 0.877. The molecule has 7 nitrogen and oxygen atoms in total. The molecular weight excluding hydrogens is 560 g/mol. The van der Waals surface area contributed by atoms with Crippen molar-refractivity contribution in [3.63, 3.8) is 0 Å². The van der Waals surface area contributed by atoms with Gasteiger partial charge < -0.3 is 10.2 Å². The van der Waals surface area contributed by atoms with E-state index < -0.39 is 46.1 Å². The van der Waals surface area contributed by atoms with Crippen molar-refractivity contribution in [1.29, 1.82) is 0 Å². The average molecular weight is 592 g/mol. The Balaban J connectivity index is 2.07. The minimum Gasteiger partial charge on any atom is -0.354 e. The number of rotatable bonds is 12. The second-order valence-electron chi connectivity index (χ2n) is 9.83. The van der Waals surface area contributed by atoms with Crippen LogP contribution in [0.1, 0.15) is 25.0 Å². The van der Waals surface area contributed by atoms with Gasteiger partial charge in [-0.05, 0) is 35.7 Å². The molecule has 0 saturated heterocycles. The molecule has 0 heterocycles. The first-order chi connectivity index (χ1) is 18.9. The van der Waals surface area contributed by atoms with E-state index in [4.69, 9.17) is 11.6 Å². The molecule has 0 aliphatic carbocycles. The molecule has 2 amide bonds. The lowest BCUT2D eigenvalue weighted by Crippen LogP contribution is -2.53. The van der Waals surface area contributed by atoms with Gasteiger partial charge in [0.05, 0.1) is 17.0 Å². The van der Waals surface area contributed by atoms with E-state index in [0.29, 0.717) is 6.54 Å². The van der Waals surface area contributed by atoms with Crippen molar-refractivity contribution in [3.05, 3.63) is 101 Å². The van der Waals surface area contributed by atoms with Gasteiger partial charge in [-0.2, -0.15) is 0 Å². The lowest BCUT2D eigenvalue weighted by Gasteiger charge is -2.33. The van der Waals surface area contributed by atoms with E-state index in [2.05, 4.69) is 5.32 Å². The van der Waals surface area contributed by atoms with Gasteiger partial charge in [0.25, 0.3) is 0 Å². The zero-order valence-electron chi connectivity index (χ0n) is 22.5. The summed E-state index contributed by atoms with van der Waals surface area (Å²) in [7, 11) is -4.05. The van der Waals surface area contributed by atoms with Gasteiger partial charge in [0.1, 0.15) is 24.2 Å². The molecule has 3 rings (SSSR count). The van der Waals surface area contributed by atoms with E-state index in [0.717, 1.165) is 28.3 Å². The Morgan fingerprint density at radius 3 is 2.20 bits per heavy atom. The Morgan fingerprint density at radius 1 is 0.950 bits per heavy atom. The van der Waals surface area contributed by atoms with Gasteiger partial charge in [0, 0.05) is 25.1 Å². The number of anilines is 1. The summed E-state index contributed by atoms with van der Waals surface area (Å²) < 4.78 is 54.8. The molecule has 1 unspecified atom stereocenters. The minimum absolute atomic E-state index is 0.0306. The summed E-state index contributed by atoms with van der Waals surface area (Å²) in [5, 5.41) is 2.53. The third-order valence-electron chi connectivity index (χ3n) is 6.12. The molecular formula is C29H32ClF2N3O4S. The molecule has 3 aromatic carbocycles. The van der Waals surface area contributed by atoms with Crippen molar-refractivity contribution in [2.45, 2.75) is 32.9 Å². The standard InChI is InChI=1S/C29H32ClF2N3O4S/c1-20(2)17-33-29(37)27(15-21-9-5-4-6-10-21)34(18-22-11-7-8-12-25(22)31)28(36)19-35(40(3,38)39)23-13-14-26(32)24(30)16-23/h4-14,16,20,27H,15,17-19H2,1-3H3,(H,33,37). The zero-order valence-corrected chi connectivity index (χ0v) is 24.1. The van der Waals surface area contributed by atoms with Crippen LogP contribution in [0.3, 0.4) is 0 Å². The number of benzene rings is 3. The van der Waals surface area contributed by atoms with E-state index >= 15 is 0 Å². The number of carbonyl (C=O) groups excluding carboxylic acids is 2. The van der Waals surface area contributed by atoms with Crippen LogP contribution in [0.15, 0.2) is 72.8 Å². The molecule has 0 aliphatic heterocycles. The van der Waals surface area contributed by atoms with Gasteiger partial charge in [0.2, 0.25) is 21.8 Å². The van der Waals surface area contributed by atoms with E-state index in [1.54, 1.807) is 30.3 Å². The zero-order chi connectivity index (χ0) is 29.4. The first kappa shape index (κ1) is 31.0. The summed E-state index contributed by atoms with van der Waals surface area (Å²) in [6.45, 7) is 3.17. The monoisotopic (exact) mass is 591 g/mol. The maximum Gasteiger partial charge on any atom is 0.244 e. The first-order valence-electron chi connectivity index (χ1n) is 12.6. The van der Waals surface area contributed by atoms with Crippen molar-refractivity contribution in [2.75, 3.05) is 23.7 Å². The van der Waals surface area contributed by atoms with Gasteiger partial charge in [-0.25, -0.2) is 17.2 Å². The molecule has 1 atom stereocenters. The maximum atomic E-state index is 14.8. The third kappa shape index (κ3) is 8.50. The van der Waals surface area contributed by atoms with Crippen molar-refractivity contribution < 1.29 is 26.8 Å². The van der Waals surface area contributed by atoms with E-state index in [9.17, 15) is 26.8 Å². The average Bonchev–Trinajstić information content (AvgIpc) is 2.90. The van der Waals surface area contributed by atoms with Crippen molar-refractivity contribution in [1.82, 2.24) is 10.2 Å². The highest BCUT2D eigenvalue weighted by molar-refractivity contribution is 7.92. The number of carbonyl (C=O) groups is 2. The summed E-state index contributed by atoms with van der Waals surface area (Å²) >= 11 is 5.89. The van der Waals surface area contributed by atoms with Crippen LogP contribution < -0.4 is 9.62 Å². The largest absolute Gasteiger partial charge is 0.354 e. The van der Waals surface area contributed by atoms with E-state index in [-0.39, 0.29) is 35.2 Å². The van der Waals surface area contributed by atoms with Crippen LogP contribution in [0.25, 0.3) is 0 Å². The van der Waals surface area contributed by atoms with Gasteiger partial charge in [0.15, 0.2) is 0 Å². The quantitative estimate of drug-likeness (QED) is 0.328. The molecule has 0 aliphatic rings. The van der Waals surface area contributed by atoms with Gasteiger partial charge in [-0.15, -0.1) is 0 Å². The SMILES string of the molecule is CC(C)CNC(=O)C(Cc1ccccc1)N(Cc1ccccc1F)C(=O)CN(c1ccc(F)c(Cl)c1)S(C)(=O)=O. The highest BCUT2D eigenvalue weighted by Gasteiger charge is 2.33. The van der Waals surface area contributed by atoms with Crippen LogP contribution in [-0.2, 0) is 32.6 Å². The van der Waals surface area contributed by atoms with Gasteiger partial charge in [-0.1, -0.05) is 74.0 Å². The molecule has 0 aromatic heterocycles. The smallest absolute Gasteiger partial charge is 0.244 e. The van der Waals surface area contributed by atoms with Gasteiger partial charge in [-0.3, -0.25) is 13.9 Å². The number of hydrogen-bond acceptors (Lipinski definition) is 4. The maximum absolute atomic E-state index is 14.8. The number of sulfonamides is 1. The Hall–Kier alpha value is -3.50. The summed E-state index contributed by atoms with van der Waals surface area (Å²) in [6, 6.07) is 17.1. The molecule has 3 aromatic rings. The first-order valence-corrected chi connectivity index (χ1v) is 14.9. The van der Waals surface area contributed by atoms with Crippen LogP contribution in [0.5, 0.6) is 0 Å². The lowest BCUT2D eigenvalue weighted by molar-refractivity contribution is -0.140. The number of nitrogens with one attached hydrogen (secondary N) is 1. The second-order valence-corrected chi connectivity index (χ2v) is 12.1. The Kier molecular flexibility index (Phi) is 10.6. The van der Waals surface area contributed by atoms with Crippen molar-refractivity contribution in [2.24, 2.45) is 5.92 Å². The number of halogens is 3. The van der Waals surface area contributed by atoms with Crippen LogP contribution in [-0.4, -0.2) is 50.5 Å². The summed E-state index contributed by atoms with van der Waals surface area (Å²) in [4.78, 5) is 28.6. The molecule has 214 valence electrons. The molecule has 0 spiro atoms. The minimum atomic E-state index is -4.05. The fourth-order valence-electron chi connectivity index (χ4n) is 4.04. The second kappa shape index (κ2) is 13.7. The normalized spacial score (nSPS) is 12.2. The fourth-order valence-corrected chi connectivity index (χ4v) is 5.06. The summed E-state index contributed by atoms with van der Waals surface area (Å²) in [5.74, 6) is -2.42. The third-order valence-corrected chi connectivity index (χ3v) is 7.55. The molecule has 0 fully saturated rings. The van der Waals surface area contributed by atoms with Crippen LogP contribution in [0.4, 0.5) is 14.5 Å². The van der Waals surface area contributed by atoms with Crippen LogP contribution in [0.2, 0.25) is 5.02 Å². The molecule has 11 heteroatoms.